The van der Waals surface area contributed by atoms with Crippen LogP contribution in [0.5, 0.6) is 5.88 Å². The van der Waals surface area contributed by atoms with Crippen LogP contribution >= 0.6 is 11.3 Å². The molecule has 264 valence electrons. The highest BCUT2D eigenvalue weighted by molar-refractivity contribution is 7.13. The highest BCUT2D eigenvalue weighted by Crippen LogP contribution is 2.45. The number of para-hydroxylation sites is 2. The molecule has 3 N–H and O–H groups in total. The number of carbonyl (C=O) groups is 4. The number of benzene rings is 1. The van der Waals surface area contributed by atoms with Gasteiger partial charge >= 0.3 is 12.1 Å². The Kier molecular flexibility index (Phi) is 9.73. The summed E-state index contributed by atoms with van der Waals surface area (Å²) in [5, 5.41) is 26.4. The van der Waals surface area contributed by atoms with E-state index in [1.807, 2.05) is 53.9 Å². The van der Waals surface area contributed by atoms with Crippen molar-refractivity contribution in [2.45, 2.75) is 100 Å². The molecule has 1 saturated heterocycles. The predicted octanol–water partition coefficient (Wildman–Crippen LogP) is 5.33. The van der Waals surface area contributed by atoms with Crippen molar-refractivity contribution in [3.63, 3.8) is 0 Å². The first-order valence-electron chi connectivity index (χ1n) is 17.4. The molecule has 4 heterocycles. The zero-order valence-electron chi connectivity index (χ0n) is 27.6. The van der Waals surface area contributed by atoms with Crippen LogP contribution < -0.4 is 10.1 Å². The summed E-state index contributed by atoms with van der Waals surface area (Å²) in [6.07, 6.45) is 8.06. The van der Waals surface area contributed by atoms with Crippen LogP contribution in [-0.4, -0.2) is 90.5 Å². The van der Waals surface area contributed by atoms with E-state index in [-0.39, 0.29) is 43.7 Å². The summed E-state index contributed by atoms with van der Waals surface area (Å²) in [5.74, 6) is -2.57. The standard InChI is InChI=1S/C36H41N5O8S/c42-31-28-19-24(48-32-30(29-17-10-18-50-29)37-25-14-8-9-15-26(25)38-32)21-40(28)33(43)27(41(47)35(46)49-23-12-6-7-13-23)16-5-3-1-2-4-11-22-20-36(22,39-31)34(44)45/h4,8-11,14-15,17-18,22-24,27-28,47H,1-3,5-7,12-13,16,19-21H2,(H,39,42)(H,44,45)/b11-4-/t22-,24?,27+,28+,36-/m1/s1. The number of hydrogen-bond acceptors (Lipinski definition) is 10. The summed E-state index contributed by atoms with van der Waals surface area (Å²) in [6.45, 7) is -0.0687. The summed E-state index contributed by atoms with van der Waals surface area (Å²) in [4.78, 5) is 65.8. The van der Waals surface area contributed by atoms with Crippen LogP contribution in [0.3, 0.4) is 0 Å². The maximum absolute atomic E-state index is 14.5. The summed E-state index contributed by atoms with van der Waals surface area (Å²) < 4.78 is 12.0. The first-order chi connectivity index (χ1) is 24.2. The molecule has 2 aliphatic heterocycles. The second-order valence-electron chi connectivity index (χ2n) is 13.6. The molecular weight excluding hydrogens is 662 g/mol. The van der Waals surface area contributed by atoms with Crippen LogP contribution in [0.2, 0.25) is 0 Å². The van der Waals surface area contributed by atoms with Gasteiger partial charge in [-0.15, -0.1) is 11.3 Å². The minimum atomic E-state index is -1.48. The Bertz CT molecular complexity index is 1780. The van der Waals surface area contributed by atoms with Gasteiger partial charge in [0.05, 0.1) is 22.5 Å². The molecule has 14 heteroatoms. The lowest BCUT2D eigenvalue weighted by Crippen LogP contribution is -2.56. The van der Waals surface area contributed by atoms with Crippen LogP contribution in [0.1, 0.15) is 70.6 Å². The maximum atomic E-state index is 14.5. The third-order valence-electron chi connectivity index (χ3n) is 10.2. The van der Waals surface area contributed by atoms with Crippen LogP contribution in [0.4, 0.5) is 4.79 Å². The van der Waals surface area contributed by atoms with E-state index in [0.717, 1.165) is 24.1 Å². The second-order valence-corrected chi connectivity index (χ2v) is 14.6. The minimum Gasteiger partial charge on any atom is -0.479 e. The second kappa shape index (κ2) is 14.4. The zero-order valence-corrected chi connectivity index (χ0v) is 28.4. The van der Waals surface area contributed by atoms with E-state index in [4.69, 9.17) is 19.4 Å². The van der Waals surface area contributed by atoms with Gasteiger partial charge in [-0.2, -0.15) is 5.06 Å². The molecule has 2 aromatic heterocycles. The molecule has 13 nitrogen and oxygen atoms in total. The van der Waals surface area contributed by atoms with Gasteiger partial charge in [0.1, 0.15) is 35.5 Å². The number of thiophene rings is 1. The van der Waals surface area contributed by atoms with E-state index in [0.29, 0.717) is 53.9 Å². The molecule has 7 rings (SSSR count). The van der Waals surface area contributed by atoms with E-state index in [9.17, 15) is 29.5 Å². The minimum absolute atomic E-state index is 0.0246. The quantitative estimate of drug-likeness (QED) is 0.173. The van der Waals surface area contributed by atoms with Gasteiger partial charge in [0.2, 0.25) is 17.7 Å². The molecule has 5 atom stereocenters. The number of fused-ring (bicyclic) bond motifs is 3. The Balaban J connectivity index is 1.20. The number of amides is 3. The maximum Gasteiger partial charge on any atom is 0.434 e. The van der Waals surface area contributed by atoms with Crippen LogP contribution in [0.15, 0.2) is 53.9 Å². The van der Waals surface area contributed by atoms with Crippen molar-refractivity contribution in [1.82, 2.24) is 25.2 Å². The number of nitrogens with zero attached hydrogens (tertiary/aromatic N) is 4. The molecule has 1 unspecified atom stereocenters. The Morgan fingerprint density at radius 1 is 0.980 bits per heavy atom. The van der Waals surface area contributed by atoms with Gasteiger partial charge in [-0.3, -0.25) is 14.8 Å². The molecule has 2 saturated carbocycles. The van der Waals surface area contributed by atoms with Gasteiger partial charge in [0.25, 0.3) is 0 Å². The largest absolute Gasteiger partial charge is 0.479 e. The van der Waals surface area contributed by atoms with Crippen molar-refractivity contribution < 1.29 is 39.0 Å². The van der Waals surface area contributed by atoms with E-state index in [2.05, 4.69) is 5.32 Å². The summed E-state index contributed by atoms with van der Waals surface area (Å²) >= 11 is 1.47. The molecule has 0 bridgehead atoms. The molecule has 1 aromatic carbocycles. The summed E-state index contributed by atoms with van der Waals surface area (Å²) in [5.41, 5.74) is 0.326. The SMILES string of the molecule is O=C1N[C@]2(C(=O)O)C[C@H]2/C=C\CCCCC[C@H](N(O)C(=O)OC2CCCC2)C(=O)N2CC(Oc3nc4ccccc4nc3-c3cccs3)C[C@@H]12. The third kappa shape index (κ3) is 6.91. The summed E-state index contributed by atoms with van der Waals surface area (Å²) in [6, 6.07) is 8.74. The Morgan fingerprint density at radius 2 is 1.74 bits per heavy atom. The van der Waals surface area contributed by atoms with Crippen molar-refractivity contribution in [2.24, 2.45) is 5.92 Å². The van der Waals surface area contributed by atoms with Crippen LogP contribution in [0.25, 0.3) is 21.6 Å². The lowest BCUT2D eigenvalue weighted by atomic mass is 10.0. The fourth-order valence-electron chi connectivity index (χ4n) is 7.35. The molecule has 3 fully saturated rings. The molecule has 4 aliphatic rings. The molecule has 0 spiro atoms. The molecule has 50 heavy (non-hydrogen) atoms. The van der Waals surface area contributed by atoms with Crippen LogP contribution in [0, 0.1) is 5.92 Å². The summed E-state index contributed by atoms with van der Waals surface area (Å²) in [7, 11) is 0. The first-order valence-corrected chi connectivity index (χ1v) is 18.3. The van der Waals surface area contributed by atoms with Crippen molar-refractivity contribution in [3.8, 4) is 16.5 Å². The third-order valence-corrected chi connectivity index (χ3v) is 11.1. The normalized spacial score (nSPS) is 28.1. The Labute approximate surface area is 293 Å². The lowest BCUT2D eigenvalue weighted by Gasteiger charge is -2.32. The van der Waals surface area contributed by atoms with Gasteiger partial charge in [-0.25, -0.2) is 19.6 Å². The van der Waals surface area contributed by atoms with E-state index >= 15 is 0 Å². The number of carboxylic acid groups (broad SMARTS) is 1. The van der Waals surface area contributed by atoms with E-state index in [1.54, 1.807) is 0 Å². The zero-order chi connectivity index (χ0) is 34.8. The Hall–Kier alpha value is -4.56. The van der Waals surface area contributed by atoms with Gasteiger partial charge < -0.3 is 24.8 Å². The average molecular weight is 704 g/mol. The molecule has 3 aromatic rings. The fraction of sp³-hybridized carbons (Fsp3) is 0.500. The van der Waals surface area contributed by atoms with Crippen molar-refractivity contribution in [2.75, 3.05) is 6.54 Å². The molecule has 3 amide bonds. The monoisotopic (exact) mass is 703 g/mol. The van der Waals surface area contributed by atoms with Gasteiger partial charge in [-0.1, -0.05) is 43.2 Å². The number of ether oxygens (including phenoxy) is 2. The van der Waals surface area contributed by atoms with Crippen molar-refractivity contribution in [3.05, 3.63) is 53.9 Å². The first kappa shape index (κ1) is 33.9. The number of carbonyl (C=O) groups excluding carboxylic acids is 3. The number of allylic oxidation sites excluding steroid dienone is 1. The highest BCUT2D eigenvalue weighted by Gasteiger charge is 2.61. The smallest absolute Gasteiger partial charge is 0.434 e. The number of carboxylic acids is 1. The molecule has 2 aliphatic carbocycles. The van der Waals surface area contributed by atoms with Crippen LogP contribution in [-0.2, 0) is 19.1 Å². The van der Waals surface area contributed by atoms with Crippen molar-refractivity contribution >= 4 is 46.2 Å². The van der Waals surface area contributed by atoms with Gasteiger partial charge in [-0.05, 0) is 74.9 Å². The average Bonchev–Trinajstić information content (AvgIpc) is 3.60. The number of hydroxylamine groups is 2. The molecule has 0 radical (unpaired) electrons. The van der Waals surface area contributed by atoms with E-state index < -0.39 is 47.6 Å². The topological polar surface area (TPSA) is 171 Å². The van der Waals surface area contributed by atoms with Gasteiger partial charge in [0.15, 0.2) is 0 Å². The molecular formula is C36H41N5O8S. The van der Waals surface area contributed by atoms with Crippen molar-refractivity contribution in [1.29, 1.82) is 0 Å². The number of rotatable bonds is 6. The fourth-order valence-corrected chi connectivity index (χ4v) is 8.05. The Morgan fingerprint density at radius 3 is 2.48 bits per heavy atom. The number of hydrogen-bond donors (Lipinski definition) is 3. The number of nitrogens with one attached hydrogen (secondary N) is 1. The number of aliphatic carboxylic acids is 1. The van der Waals surface area contributed by atoms with E-state index in [1.165, 1.54) is 16.2 Å². The lowest BCUT2D eigenvalue weighted by molar-refractivity contribution is -0.160. The predicted molar refractivity (Wildman–Crippen MR) is 182 cm³/mol. The number of aromatic nitrogens is 2. The van der Waals surface area contributed by atoms with Gasteiger partial charge in [0, 0.05) is 12.3 Å². The highest BCUT2D eigenvalue weighted by atomic mass is 32.1.